The maximum atomic E-state index is 5.54. The first-order valence-electron chi connectivity index (χ1n) is 7.24. The lowest BCUT2D eigenvalue weighted by atomic mass is 9.87. The van der Waals surface area contributed by atoms with Gasteiger partial charge >= 0.3 is 0 Å². The molecule has 1 N–H and O–H groups in total. The molecule has 0 fully saturated rings. The predicted octanol–water partition coefficient (Wildman–Crippen LogP) is 3.63. The molecule has 0 unspecified atom stereocenters. The zero-order chi connectivity index (χ0) is 13.8. The molecule has 106 valence electrons. The van der Waals surface area contributed by atoms with Crippen molar-refractivity contribution >= 4 is 0 Å². The van der Waals surface area contributed by atoms with E-state index in [-0.39, 0.29) is 6.04 Å². The number of methoxy groups -OCH3 is 1. The van der Waals surface area contributed by atoms with Gasteiger partial charge in [-0.1, -0.05) is 24.3 Å². The highest BCUT2D eigenvalue weighted by Crippen LogP contribution is 2.31. The SMILES string of the molecule is COC[C@H](N[C@H]1CCCc2ccccc21)c1ccco1. The van der Waals surface area contributed by atoms with E-state index in [2.05, 4.69) is 29.6 Å². The van der Waals surface area contributed by atoms with Gasteiger partial charge in [0.1, 0.15) is 5.76 Å². The monoisotopic (exact) mass is 271 g/mol. The summed E-state index contributed by atoms with van der Waals surface area (Å²) in [6.07, 6.45) is 5.29. The Morgan fingerprint density at radius 2 is 2.20 bits per heavy atom. The first kappa shape index (κ1) is 13.4. The molecule has 1 aromatic heterocycles. The van der Waals surface area contributed by atoms with Crippen molar-refractivity contribution in [3.8, 4) is 0 Å². The van der Waals surface area contributed by atoms with E-state index in [9.17, 15) is 0 Å². The minimum absolute atomic E-state index is 0.103. The normalized spacial score (nSPS) is 19.6. The Morgan fingerprint density at radius 3 is 3.00 bits per heavy atom. The average molecular weight is 271 g/mol. The lowest BCUT2D eigenvalue weighted by Crippen LogP contribution is -2.31. The third kappa shape index (κ3) is 2.79. The molecule has 0 saturated heterocycles. The lowest BCUT2D eigenvalue weighted by molar-refractivity contribution is 0.148. The van der Waals surface area contributed by atoms with E-state index in [1.807, 2.05) is 12.1 Å². The molecule has 3 heteroatoms. The quantitative estimate of drug-likeness (QED) is 0.901. The molecule has 0 bridgehead atoms. The second-order valence-electron chi connectivity index (χ2n) is 5.33. The molecule has 1 aromatic carbocycles. The van der Waals surface area contributed by atoms with E-state index >= 15 is 0 Å². The average Bonchev–Trinajstić information content (AvgIpc) is 3.01. The van der Waals surface area contributed by atoms with Crippen molar-refractivity contribution in [2.24, 2.45) is 0 Å². The van der Waals surface area contributed by atoms with Gasteiger partial charge in [-0.3, -0.25) is 5.32 Å². The number of fused-ring (bicyclic) bond motifs is 1. The second kappa shape index (κ2) is 6.25. The minimum Gasteiger partial charge on any atom is -0.468 e. The smallest absolute Gasteiger partial charge is 0.123 e. The van der Waals surface area contributed by atoms with Crippen molar-refractivity contribution in [1.29, 1.82) is 0 Å². The molecule has 1 aliphatic rings. The van der Waals surface area contributed by atoms with Crippen molar-refractivity contribution in [2.75, 3.05) is 13.7 Å². The van der Waals surface area contributed by atoms with Crippen LogP contribution in [0.25, 0.3) is 0 Å². The Morgan fingerprint density at radius 1 is 1.30 bits per heavy atom. The van der Waals surface area contributed by atoms with Gasteiger partial charge in [-0.25, -0.2) is 0 Å². The highest BCUT2D eigenvalue weighted by molar-refractivity contribution is 5.32. The zero-order valence-corrected chi connectivity index (χ0v) is 11.8. The molecule has 0 aliphatic heterocycles. The third-order valence-electron chi connectivity index (χ3n) is 3.99. The summed E-state index contributed by atoms with van der Waals surface area (Å²) < 4.78 is 10.9. The first-order valence-corrected chi connectivity index (χ1v) is 7.24. The van der Waals surface area contributed by atoms with Crippen LogP contribution in [-0.2, 0) is 11.2 Å². The van der Waals surface area contributed by atoms with Crippen LogP contribution >= 0.6 is 0 Å². The van der Waals surface area contributed by atoms with Crippen molar-refractivity contribution in [3.63, 3.8) is 0 Å². The molecule has 0 amide bonds. The van der Waals surface area contributed by atoms with Gasteiger partial charge in [0, 0.05) is 13.2 Å². The minimum atomic E-state index is 0.103. The highest BCUT2D eigenvalue weighted by atomic mass is 16.5. The van der Waals surface area contributed by atoms with Crippen molar-refractivity contribution in [1.82, 2.24) is 5.32 Å². The summed E-state index contributed by atoms with van der Waals surface area (Å²) in [6.45, 7) is 0.617. The van der Waals surface area contributed by atoms with Crippen LogP contribution < -0.4 is 5.32 Å². The summed E-state index contributed by atoms with van der Waals surface area (Å²) >= 11 is 0. The van der Waals surface area contributed by atoms with E-state index < -0.39 is 0 Å². The molecule has 1 heterocycles. The number of aryl methyl sites for hydroxylation is 1. The highest BCUT2D eigenvalue weighted by Gasteiger charge is 2.24. The van der Waals surface area contributed by atoms with Gasteiger partial charge in [0.2, 0.25) is 0 Å². The zero-order valence-electron chi connectivity index (χ0n) is 11.8. The summed E-state index contributed by atoms with van der Waals surface area (Å²) in [5, 5.41) is 3.70. The third-order valence-corrected chi connectivity index (χ3v) is 3.99. The summed E-state index contributed by atoms with van der Waals surface area (Å²) in [4.78, 5) is 0. The predicted molar refractivity (Wildman–Crippen MR) is 78.6 cm³/mol. The van der Waals surface area contributed by atoms with Crippen LogP contribution in [0.1, 0.15) is 41.8 Å². The van der Waals surface area contributed by atoms with Crippen LogP contribution in [0.5, 0.6) is 0 Å². The summed E-state index contributed by atoms with van der Waals surface area (Å²) in [7, 11) is 1.73. The van der Waals surface area contributed by atoms with E-state index in [1.165, 1.54) is 24.0 Å². The molecule has 0 saturated carbocycles. The topological polar surface area (TPSA) is 34.4 Å². The first-order chi connectivity index (χ1) is 9.88. The molecular formula is C17H21NO2. The maximum absolute atomic E-state index is 5.54. The Hall–Kier alpha value is -1.58. The molecule has 1 aliphatic carbocycles. The Balaban J connectivity index is 1.79. The van der Waals surface area contributed by atoms with E-state index in [0.717, 1.165) is 12.2 Å². The van der Waals surface area contributed by atoms with Gasteiger partial charge < -0.3 is 9.15 Å². The Bertz CT molecular complexity index is 536. The molecule has 20 heavy (non-hydrogen) atoms. The van der Waals surface area contributed by atoms with Crippen LogP contribution in [0.15, 0.2) is 47.1 Å². The maximum Gasteiger partial charge on any atom is 0.123 e. The fourth-order valence-electron chi connectivity index (χ4n) is 3.04. The van der Waals surface area contributed by atoms with Crippen LogP contribution in [0.3, 0.4) is 0 Å². The standard InChI is InChI=1S/C17H21NO2/c1-19-12-16(17-10-5-11-20-17)18-15-9-4-7-13-6-2-3-8-14(13)15/h2-3,5-6,8,10-11,15-16,18H,4,7,9,12H2,1H3/t15-,16-/m0/s1. The molecule has 2 aromatic rings. The number of hydrogen-bond donors (Lipinski definition) is 1. The fourth-order valence-corrected chi connectivity index (χ4v) is 3.04. The molecule has 2 atom stereocenters. The molecule has 0 spiro atoms. The summed E-state index contributed by atoms with van der Waals surface area (Å²) in [5.74, 6) is 0.940. The largest absolute Gasteiger partial charge is 0.468 e. The summed E-state index contributed by atoms with van der Waals surface area (Å²) in [5.41, 5.74) is 2.89. The van der Waals surface area contributed by atoms with Gasteiger partial charge in [-0.15, -0.1) is 0 Å². The van der Waals surface area contributed by atoms with E-state index in [4.69, 9.17) is 9.15 Å². The van der Waals surface area contributed by atoms with E-state index in [1.54, 1.807) is 13.4 Å². The van der Waals surface area contributed by atoms with Crippen LogP contribution in [0.2, 0.25) is 0 Å². The number of ether oxygens (including phenoxy) is 1. The Labute approximate surface area is 119 Å². The second-order valence-corrected chi connectivity index (χ2v) is 5.33. The summed E-state index contributed by atoms with van der Waals surface area (Å²) in [6, 6.07) is 13.1. The van der Waals surface area contributed by atoms with Gasteiger partial charge in [-0.05, 0) is 42.5 Å². The fraction of sp³-hybridized carbons (Fsp3) is 0.412. The number of benzene rings is 1. The van der Waals surface area contributed by atoms with Crippen molar-refractivity contribution in [2.45, 2.75) is 31.3 Å². The number of rotatable bonds is 5. The van der Waals surface area contributed by atoms with E-state index in [0.29, 0.717) is 12.6 Å². The van der Waals surface area contributed by atoms with Gasteiger partial charge in [0.15, 0.2) is 0 Å². The molecule has 3 rings (SSSR count). The van der Waals surface area contributed by atoms with Crippen LogP contribution in [0.4, 0.5) is 0 Å². The number of nitrogens with one attached hydrogen (secondary N) is 1. The Kier molecular flexibility index (Phi) is 4.19. The van der Waals surface area contributed by atoms with Gasteiger partial charge in [0.05, 0.1) is 18.9 Å². The number of hydrogen-bond acceptors (Lipinski definition) is 3. The molecule has 3 nitrogen and oxygen atoms in total. The van der Waals surface area contributed by atoms with Crippen molar-refractivity contribution in [3.05, 3.63) is 59.5 Å². The van der Waals surface area contributed by atoms with Gasteiger partial charge in [-0.2, -0.15) is 0 Å². The lowest BCUT2D eigenvalue weighted by Gasteiger charge is -2.29. The van der Waals surface area contributed by atoms with Crippen LogP contribution in [0, 0.1) is 0 Å². The van der Waals surface area contributed by atoms with Crippen molar-refractivity contribution < 1.29 is 9.15 Å². The number of furan rings is 1. The van der Waals surface area contributed by atoms with Gasteiger partial charge in [0.25, 0.3) is 0 Å². The molecule has 0 radical (unpaired) electrons. The van der Waals surface area contributed by atoms with Crippen LogP contribution in [-0.4, -0.2) is 13.7 Å². The molecular weight excluding hydrogens is 250 g/mol.